The van der Waals surface area contributed by atoms with E-state index in [0.717, 1.165) is 15.9 Å². The summed E-state index contributed by atoms with van der Waals surface area (Å²) in [6.07, 6.45) is 6.21. The fourth-order valence-corrected chi connectivity index (χ4v) is 6.62. The zero-order valence-corrected chi connectivity index (χ0v) is 27.6. The monoisotopic (exact) mass is 703 g/mol. The second-order valence-corrected chi connectivity index (χ2v) is 13.0. The van der Waals surface area contributed by atoms with E-state index >= 15 is 0 Å². The molecule has 16 heteroatoms. The minimum Gasteiger partial charge on any atom is -0.618 e. The van der Waals surface area contributed by atoms with Crippen LogP contribution in [0.5, 0.6) is 0 Å². The van der Waals surface area contributed by atoms with E-state index in [0.29, 0.717) is 46.1 Å². The molecule has 0 spiro atoms. The van der Waals surface area contributed by atoms with Gasteiger partial charge in [0.15, 0.2) is 6.20 Å². The molecule has 2 amide bonds. The molecule has 13 nitrogen and oxygen atoms in total. The van der Waals surface area contributed by atoms with Crippen molar-refractivity contribution in [1.82, 2.24) is 34.9 Å². The first kappa shape index (κ1) is 33.1. The van der Waals surface area contributed by atoms with Gasteiger partial charge < -0.3 is 14.8 Å². The van der Waals surface area contributed by atoms with Crippen LogP contribution in [0.25, 0.3) is 27.9 Å². The van der Waals surface area contributed by atoms with Crippen LogP contribution in [-0.2, 0) is 9.53 Å². The molecule has 2 fully saturated rings. The van der Waals surface area contributed by atoms with Crippen molar-refractivity contribution in [3.8, 4) is 27.9 Å². The molecule has 5 aromatic rings. The number of nitrogens with one attached hydrogen (secondary N) is 1. The number of hydrogen-bond donors (Lipinski definition) is 1. The first-order chi connectivity index (χ1) is 24.1. The van der Waals surface area contributed by atoms with E-state index in [1.807, 2.05) is 24.4 Å². The maximum Gasteiger partial charge on any atom is 0.411 e. The molecule has 3 unspecified atom stereocenters. The fraction of sp³-hybridized carbons (Fsp3) is 0.324. The Kier molecular flexibility index (Phi) is 8.90. The number of halogens is 3. The van der Waals surface area contributed by atoms with Gasteiger partial charge in [0.25, 0.3) is 5.92 Å². The molecule has 3 atom stereocenters. The number of alkyl halides is 2. The number of aromatic nitrogens is 7. The van der Waals surface area contributed by atoms with E-state index in [4.69, 9.17) is 11.6 Å². The minimum atomic E-state index is -2.74. The van der Waals surface area contributed by atoms with Crippen LogP contribution in [0.15, 0.2) is 79.5 Å². The molecule has 1 saturated heterocycles. The lowest BCUT2D eigenvalue weighted by Crippen LogP contribution is -2.43. The number of rotatable bonds is 9. The maximum atomic E-state index is 13.9. The molecule has 1 aliphatic carbocycles. The summed E-state index contributed by atoms with van der Waals surface area (Å²) in [6, 6.07) is 15.3. The minimum absolute atomic E-state index is 0.0348. The van der Waals surface area contributed by atoms with Crippen LogP contribution in [-0.4, -0.2) is 73.0 Å². The van der Waals surface area contributed by atoms with Crippen molar-refractivity contribution >= 4 is 29.3 Å². The van der Waals surface area contributed by atoms with Crippen LogP contribution in [0.1, 0.15) is 37.4 Å². The van der Waals surface area contributed by atoms with E-state index in [1.54, 1.807) is 47.3 Å². The first-order valence-corrected chi connectivity index (χ1v) is 16.4. The van der Waals surface area contributed by atoms with Gasteiger partial charge in [0.2, 0.25) is 11.6 Å². The molecule has 258 valence electrons. The standard InChI is InChI=1S/C34H32ClF2N9O4/c1-50-33(48)40-26-6-2-21(3-7-26)24-17-39-44(18-24)31(15-23-14-28(23)32(47)43-12-10-34(36,37)11-13-43)30-8-4-22(19-46(30)49)27-16-25(35)5-9-29(27)45-20-38-41-42-45/h2-9,16-20,23,28,31H,10-15H2,1H3,(H,40,48). The van der Waals surface area contributed by atoms with Crippen molar-refractivity contribution in [2.24, 2.45) is 11.8 Å². The van der Waals surface area contributed by atoms with Gasteiger partial charge in [-0.1, -0.05) is 23.7 Å². The number of pyridine rings is 1. The second kappa shape index (κ2) is 13.5. The smallest absolute Gasteiger partial charge is 0.411 e. The summed E-state index contributed by atoms with van der Waals surface area (Å²) >= 11 is 6.34. The highest BCUT2D eigenvalue weighted by molar-refractivity contribution is 6.31. The zero-order valence-electron chi connectivity index (χ0n) is 26.8. The molecule has 4 heterocycles. The Morgan fingerprint density at radius 1 is 1.10 bits per heavy atom. The molecular weight excluding hydrogens is 672 g/mol. The number of likely N-dealkylation sites (tertiary alicyclic amines) is 1. The van der Waals surface area contributed by atoms with Gasteiger partial charge in [0.1, 0.15) is 12.4 Å². The molecule has 1 saturated carbocycles. The highest BCUT2D eigenvalue weighted by atomic mass is 35.5. The average Bonchev–Trinajstić information content (AvgIpc) is 3.43. The number of methoxy groups -OCH3 is 1. The summed E-state index contributed by atoms with van der Waals surface area (Å²) in [5, 5.41) is 33.0. The van der Waals surface area contributed by atoms with E-state index in [9.17, 15) is 23.6 Å². The highest BCUT2D eigenvalue weighted by Crippen LogP contribution is 2.47. The summed E-state index contributed by atoms with van der Waals surface area (Å²) in [7, 11) is 1.29. The lowest BCUT2D eigenvalue weighted by atomic mass is 10.0. The van der Waals surface area contributed by atoms with Gasteiger partial charge in [-0.05, 0) is 71.1 Å². The Morgan fingerprint density at radius 3 is 2.56 bits per heavy atom. The molecule has 2 aromatic carbocycles. The summed E-state index contributed by atoms with van der Waals surface area (Å²) in [5.41, 5.74) is 4.42. The third-order valence-corrected chi connectivity index (χ3v) is 9.53. The first-order valence-electron chi connectivity index (χ1n) is 16.0. The Labute approximate surface area is 290 Å². The number of nitrogens with zero attached hydrogens (tertiary/aromatic N) is 8. The third kappa shape index (κ3) is 6.99. The normalized spacial score (nSPS) is 18.8. The number of anilines is 1. The molecule has 1 N–H and O–H groups in total. The van der Waals surface area contributed by atoms with E-state index < -0.39 is 18.1 Å². The fourth-order valence-electron chi connectivity index (χ4n) is 6.44. The molecule has 0 bridgehead atoms. The van der Waals surface area contributed by atoms with E-state index in [1.165, 1.54) is 29.2 Å². The second-order valence-electron chi connectivity index (χ2n) is 12.5. The summed E-state index contributed by atoms with van der Waals surface area (Å²) in [5.74, 6) is -3.23. The van der Waals surface area contributed by atoms with Crippen molar-refractivity contribution in [1.29, 1.82) is 0 Å². The molecule has 0 radical (unpaired) electrons. The molecule has 50 heavy (non-hydrogen) atoms. The van der Waals surface area contributed by atoms with Crippen LogP contribution < -0.4 is 10.0 Å². The Hall–Kier alpha value is -5.44. The molecule has 1 aliphatic heterocycles. The summed E-state index contributed by atoms with van der Waals surface area (Å²) < 4.78 is 36.2. The lowest BCUT2D eigenvalue weighted by molar-refractivity contribution is -0.615. The van der Waals surface area contributed by atoms with Crippen molar-refractivity contribution in [2.75, 3.05) is 25.5 Å². The van der Waals surface area contributed by atoms with Gasteiger partial charge >= 0.3 is 6.09 Å². The van der Waals surface area contributed by atoms with Gasteiger partial charge in [-0.2, -0.15) is 14.5 Å². The number of carbonyl (C=O) groups excluding carboxylic acids is 2. The molecule has 2 aliphatic rings. The summed E-state index contributed by atoms with van der Waals surface area (Å²) in [4.78, 5) is 26.4. The van der Waals surface area contributed by atoms with Gasteiger partial charge in [0.05, 0.1) is 19.0 Å². The summed E-state index contributed by atoms with van der Waals surface area (Å²) in [6.45, 7) is 0.0697. The van der Waals surface area contributed by atoms with E-state index in [2.05, 4.69) is 30.7 Å². The van der Waals surface area contributed by atoms with Crippen LogP contribution in [0, 0.1) is 17.0 Å². The van der Waals surface area contributed by atoms with Crippen molar-refractivity contribution in [3.05, 3.63) is 95.4 Å². The van der Waals surface area contributed by atoms with Gasteiger partial charge in [-0.25, -0.2) is 13.6 Å². The topological polar surface area (TPSA) is 147 Å². The van der Waals surface area contributed by atoms with Crippen molar-refractivity contribution in [3.63, 3.8) is 0 Å². The van der Waals surface area contributed by atoms with Gasteiger partial charge in [-0.3, -0.25) is 14.8 Å². The van der Waals surface area contributed by atoms with Crippen molar-refractivity contribution < 1.29 is 27.8 Å². The predicted molar refractivity (Wildman–Crippen MR) is 177 cm³/mol. The maximum absolute atomic E-state index is 13.9. The Morgan fingerprint density at radius 2 is 1.86 bits per heavy atom. The van der Waals surface area contributed by atoms with Crippen LogP contribution in [0.3, 0.4) is 0 Å². The zero-order chi connectivity index (χ0) is 35.0. The molecule has 7 rings (SSSR count). The Bertz CT molecular complexity index is 2010. The van der Waals surface area contributed by atoms with Crippen LogP contribution in [0.2, 0.25) is 5.02 Å². The largest absolute Gasteiger partial charge is 0.618 e. The predicted octanol–water partition coefficient (Wildman–Crippen LogP) is 5.53. The number of tetrazole rings is 1. The SMILES string of the molecule is COC(=O)Nc1ccc(-c2cnn(C(CC3CC3C(=O)N3CCC(F)(F)CC3)c3ccc(-c4cc(Cl)ccc4-n4cnnn4)c[n+]3[O-])c2)cc1. The number of benzene rings is 2. The third-order valence-electron chi connectivity index (χ3n) is 9.29. The molecular formula is C34H32ClF2N9O4. The lowest BCUT2D eigenvalue weighted by Gasteiger charge is -2.32. The average molecular weight is 704 g/mol. The number of carbonyl (C=O) groups is 2. The quantitative estimate of drug-likeness (QED) is 0.156. The van der Waals surface area contributed by atoms with Crippen LogP contribution in [0.4, 0.5) is 19.3 Å². The highest BCUT2D eigenvalue weighted by Gasteiger charge is 2.48. The van der Waals surface area contributed by atoms with Gasteiger partial charge in [0, 0.05) is 71.5 Å². The van der Waals surface area contributed by atoms with Crippen LogP contribution >= 0.6 is 11.6 Å². The Balaban J connectivity index is 1.18. The number of piperidine rings is 1. The van der Waals surface area contributed by atoms with E-state index in [-0.39, 0.29) is 43.7 Å². The number of hydrogen-bond acceptors (Lipinski definition) is 8. The molecule has 3 aromatic heterocycles. The van der Waals surface area contributed by atoms with Gasteiger partial charge in [-0.15, -0.1) is 5.10 Å². The van der Waals surface area contributed by atoms with Crippen molar-refractivity contribution in [2.45, 2.75) is 37.6 Å². The number of ether oxygens (including phenoxy) is 1. The number of amides is 2.